The van der Waals surface area contributed by atoms with Crippen molar-refractivity contribution in [3.8, 4) is 0 Å². The highest BCUT2D eigenvalue weighted by Gasteiger charge is 2.55. The monoisotopic (exact) mass is 324 g/mol. The van der Waals surface area contributed by atoms with E-state index in [1.807, 2.05) is 6.08 Å². The van der Waals surface area contributed by atoms with Gasteiger partial charge in [0.2, 0.25) is 0 Å². The van der Waals surface area contributed by atoms with Gasteiger partial charge in [-0.15, -0.1) is 0 Å². The highest BCUT2D eigenvalue weighted by Crippen LogP contribution is 2.42. The lowest BCUT2D eigenvalue weighted by molar-refractivity contribution is -0.116. The van der Waals surface area contributed by atoms with E-state index >= 15 is 0 Å². The number of fused-ring (bicyclic) bond motifs is 1. The molecule has 0 amide bonds. The van der Waals surface area contributed by atoms with Gasteiger partial charge in [-0.3, -0.25) is 4.79 Å². The van der Waals surface area contributed by atoms with Crippen molar-refractivity contribution in [2.24, 2.45) is 0 Å². The first-order chi connectivity index (χ1) is 9.82. The van der Waals surface area contributed by atoms with Crippen LogP contribution in [0.25, 0.3) is 0 Å². The van der Waals surface area contributed by atoms with Gasteiger partial charge in [-0.1, -0.05) is 32.9 Å². The van der Waals surface area contributed by atoms with Gasteiger partial charge in [0.05, 0.1) is 11.7 Å². The summed E-state index contributed by atoms with van der Waals surface area (Å²) in [7, 11) is -1.93. The Morgan fingerprint density at radius 1 is 1.27 bits per heavy atom. The van der Waals surface area contributed by atoms with E-state index in [0.29, 0.717) is 5.57 Å². The highest BCUT2D eigenvalue weighted by atomic mass is 28.4. The van der Waals surface area contributed by atoms with Gasteiger partial charge < -0.3 is 14.3 Å². The van der Waals surface area contributed by atoms with Crippen LogP contribution in [0, 0.1) is 0 Å². The van der Waals surface area contributed by atoms with Gasteiger partial charge in [0, 0.05) is 5.57 Å². The summed E-state index contributed by atoms with van der Waals surface area (Å²) in [5.74, 6) is -0.0134. The molecule has 4 nitrogen and oxygen atoms in total. The second kappa shape index (κ2) is 5.41. The van der Waals surface area contributed by atoms with Gasteiger partial charge >= 0.3 is 0 Å². The lowest BCUT2D eigenvalue weighted by Gasteiger charge is -2.38. The van der Waals surface area contributed by atoms with Crippen molar-refractivity contribution < 1.29 is 19.1 Å². The maximum absolute atomic E-state index is 12.2. The summed E-state index contributed by atoms with van der Waals surface area (Å²) < 4.78 is 11.9. The minimum absolute atomic E-state index is 0.0134. The zero-order valence-corrected chi connectivity index (χ0v) is 15.6. The predicted octanol–water partition coefficient (Wildman–Crippen LogP) is 2.98. The number of epoxide rings is 1. The van der Waals surface area contributed by atoms with Crippen molar-refractivity contribution in [2.45, 2.75) is 76.7 Å². The fourth-order valence-electron chi connectivity index (χ4n) is 2.15. The van der Waals surface area contributed by atoms with Crippen molar-refractivity contribution in [2.75, 3.05) is 0 Å². The smallest absolute Gasteiger partial charge is 0.194 e. The Morgan fingerprint density at radius 3 is 2.36 bits per heavy atom. The molecule has 1 aliphatic carbocycles. The molecule has 1 heterocycles. The lowest BCUT2D eigenvalue weighted by atomic mass is 9.94. The largest absolute Gasteiger partial charge is 0.408 e. The van der Waals surface area contributed by atoms with E-state index in [9.17, 15) is 9.90 Å². The summed E-state index contributed by atoms with van der Waals surface area (Å²) in [4.78, 5) is 12.2. The quantitative estimate of drug-likeness (QED) is 0.638. The highest BCUT2D eigenvalue weighted by molar-refractivity contribution is 6.74. The van der Waals surface area contributed by atoms with Crippen molar-refractivity contribution in [1.29, 1.82) is 0 Å². The van der Waals surface area contributed by atoms with Crippen LogP contribution in [0.3, 0.4) is 0 Å². The first-order valence-corrected chi connectivity index (χ1v) is 10.7. The molecule has 3 atom stereocenters. The summed E-state index contributed by atoms with van der Waals surface area (Å²) in [6.07, 6.45) is 4.48. The lowest BCUT2D eigenvalue weighted by Crippen LogP contribution is -2.46. The van der Waals surface area contributed by atoms with E-state index < -0.39 is 13.9 Å². The Morgan fingerprint density at radius 2 is 1.86 bits per heavy atom. The minimum atomic E-state index is -1.93. The topological polar surface area (TPSA) is 59.1 Å². The van der Waals surface area contributed by atoms with Gasteiger partial charge in [-0.2, -0.15) is 0 Å². The molecule has 0 spiro atoms. The van der Waals surface area contributed by atoms with Crippen molar-refractivity contribution in [3.05, 3.63) is 23.8 Å². The van der Waals surface area contributed by atoms with Gasteiger partial charge in [0.1, 0.15) is 12.2 Å². The number of aliphatic hydroxyl groups is 1. The van der Waals surface area contributed by atoms with Crippen LogP contribution in [0.5, 0.6) is 0 Å². The summed E-state index contributed by atoms with van der Waals surface area (Å²) >= 11 is 0. The van der Waals surface area contributed by atoms with Crippen LogP contribution in [-0.2, 0) is 14.0 Å². The number of hydrogen-bond donors (Lipinski definition) is 1. The zero-order valence-electron chi connectivity index (χ0n) is 14.6. The molecule has 124 valence electrons. The van der Waals surface area contributed by atoms with E-state index in [4.69, 9.17) is 9.16 Å². The number of allylic oxidation sites excluding steroid dienone is 1. The van der Waals surface area contributed by atoms with E-state index in [1.54, 1.807) is 26.0 Å². The normalized spacial score (nSPS) is 29.5. The Bertz CT molecular complexity index is 520. The van der Waals surface area contributed by atoms with Gasteiger partial charge in [0.25, 0.3) is 0 Å². The number of hydrogen-bond acceptors (Lipinski definition) is 4. The minimum Gasteiger partial charge on any atom is -0.408 e. The van der Waals surface area contributed by atoms with E-state index in [-0.39, 0.29) is 29.1 Å². The Labute approximate surface area is 134 Å². The molecule has 1 N–H and O–H groups in total. The molecule has 1 saturated heterocycles. The van der Waals surface area contributed by atoms with E-state index in [1.165, 1.54) is 0 Å². The summed E-state index contributed by atoms with van der Waals surface area (Å²) in [6.45, 7) is 14.3. The van der Waals surface area contributed by atoms with Crippen LogP contribution in [0.15, 0.2) is 23.8 Å². The molecular formula is C17H28O4Si. The second-order valence-corrected chi connectivity index (χ2v) is 13.1. The molecule has 1 fully saturated rings. The van der Waals surface area contributed by atoms with E-state index in [0.717, 1.165) is 0 Å². The molecule has 2 rings (SSSR count). The van der Waals surface area contributed by atoms with Gasteiger partial charge in [-0.25, -0.2) is 0 Å². The second-order valence-electron chi connectivity index (χ2n) is 8.34. The van der Waals surface area contributed by atoms with Crippen LogP contribution in [-0.4, -0.2) is 43.1 Å². The molecule has 1 aliphatic heterocycles. The molecule has 0 aromatic carbocycles. The third-order valence-electron chi connectivity index (χ3n) is 4.64. The molecule has 0 saturated carbocycles. The van der Waals surface area contributed by atoms with Gasteiger partial charge in [-0.05, 0) is 38.1 Å². The van der Waals surface area contributed by atoms with Crippen LogP contribution in [0.1, 0.15) is 34.6 Å². The first kappa shape index (κ1) is 17.6. The fourth-order valence-corrected chi connectivity index (χ4v) is 3.39. The molecule has 0 aromatic heterocycles. The Kier molecular flexibility index (Phi) is 4.32. The number of Topliss-reactive ketones (excluding diaryl/α,β-unsaturated/α-hetero) is 1. The predicted molar refractivity (Wildman–Crippen MR) is 89.3 cm³/mol. The number of carbonyl (C=O) groups excluding carboxylic acids is 1. The third-order valence-corrected chi connectivity index (χ3v) is 9.12. The van der Waals surface area contributed by atoms with Crippen LogP contribution in [0.2, 0.25) is 18.1 Å². The average Bonchev–Trinajstić information content (AvgIpc) is 3.08. The van der Waals surface area contributed by atoms with Crippen molar-refractivity contribution >= 4 is 14.1 Å². The molecule has 2 aliphatic rings. The number of carbonyl (C=O) groups is 1. The van der Waals surface area contributed by atoms with Crippen molar-refractivity contribution in [3.63, 3.8) is 0 Å². The number of ketones is 1. The summed E-state index contributed by atoms with van der Waals surface area (Å²) in [5, 5.41) is 9.90. The summed E-state index contributed by atoms with van der Waals surface area (Å²) in [6, 6.07) is 0. The SMILES string of the molecule is CC(C)(O)/C=C/C1=C[C@@H](O[Si](C)(C)C(C)(C)C)[C@@H]2O[C@@H]2C1=O. The molecule has 22 heavy (non-hydrogen) atoms. The summed E-state index contributed by atoms with van der Waals surface area (Å²) in [5.41, 5.74) is -0.373. The molecule has 0 bridgehead atoms. The van der Waals surface area contributed by atoms with Crippen LogP contribution in [0.4, 0.5) is 0 Å². The fraction of sp³-hybridized carbons (Fsp3) is 0.706. The molecule has 5 heteroatoms. The number of ether oxygens (including phenoxy) is 1. The molecule has 0 radical (unpaired) electrons. The standard InChI is InChI=1S/C17H28O4Si/c1-16(2,3)22(6,7)21-12-10-11(8-9-17(4,5)19)13(18)15-14(12)20-15/h8-10,12,14-15,19H,1-7H3/b9-8+/t12-,14+,15-/m1/s1. The maximum atomic E-state index is 12.2. The zero-order chi connectivity index (χ0) is 16.9. The Balaban J connectivity index is 2.21. The molecule has 0 unspecified atom stereocenters. The third kappa shape index (κ3) is 3.77. The average molecular weight is 324 g/mol. The molecule has 0 aromatic rings. The Hall–Kier alpha value is -0.753. The van der Waals surface area contributed by atoms with Crippen LogP contribution < -0.4 is 0 Å². The van der Waals surface area contributed by atoms with Crippen molar-refractivity contribution in [1.82, 2.24) is 0 Å². The van der Waals surface area contributed by atoms with E-state index in [2.05, 4.69) is 33.9 Å². The molecular weight excluding hydrogens is 296 g/mol. The first-order valence-electron chi connectivity index (χ1n) is 7.83. The van der Waals surface area contributed by atoms with Gasteiger partial charge in [0.15, 0.2) is 14.1 Å². The maximum Gasteiger partial charge on any atom is 0.194 e. The number of rotatable bonds is 4. The van der Waals surface area contributed by atoms with Crippen LogP contribution >= 0.6 is 0 Å².